The SMILES string of the molecule is CCOC(=O)Cc1cc(C#N)c(Cl)c(C=O)c1. The van der Waals surface area contributed by atoms with Crippen molar-refractivity contribution < 1.29 is 14.3 Å². The Labute approximate surface area is 104 Å². The number of nitrogens with zero attached hydrogens (tertiary/aromatic N) is 1. The van der Waals surface area contributed by atoms with Crippen molar-refractivity contribution in [2.24, 2.45) is 0 Å². The van der Waals surface area contributed by atoms with Crippen molar-refractivity contribution in [3.63, 3.8) is 0 Å². The molecule has 0 aliphatic carbocycles. The summed E-state index contributed by atoms with van der Waals surface area (Å²) in [5, 5.41) is 8.94. The van der Waals surface area contributed by atoms with Gasteiger partial charge in [-0.05, 0) is 24.6 Å². The first-order valence-electron chi connectivity index (χ1n) is 4.95. The van der Waals surface area contributed by atoms with Gasteiger partial charge in [0.2, 0.25) is 0 Å². The average molecular weight is 252 g/mol. The fraction of sp³-hybridized carbons (Fsp3) is 0.250. The summed E-state index contributed by atoms with van der Waals surface area (Å²) < 4.78 is 4.78. The van der Waals surface area contributed by atoms with E-state index in [1.165, 1.54) is 12.1 Å². The minimum atomic E-state index is -0.407. The highest BCUT2D eigenvalue weighted by Crippen LogP contribution is 2.22. The molecule has 0 fully saturated rings. The highest BCUT2D eigenvalue weighted by atomic mass is 35.5. The highest BCUT2D eigenvalue weighted by molar-refractivity contribution is 6.34. The lowest BCUT2D eigenvalue weighted by molar-refractivity contribution is -0.142. The molecule has 0 N–H and O–H groups in total. The summed E-state index contributed by atoms with van der Waals surface area (Å²) in [6.07, 6.45) is 0.568. The van der Waals surface area contributed by atoms with Crippen molar-refractivity contribution in [2.45, 2.75) is 13.3 Å². The van der Waals surface area contributed by atoms with Crippen molar-refractivity contribution in [3.8, 4) is 6.07 Å². The van der Waals surface area contributed by atoms with Crippen molar-refractivity contribution in [3.05, 3.63) is 33.8 Å². The van der Waals surface area contributed by atoms with Crippen molar-refractivity contribution >= 4 is 23.9 Å². The van der Waals surface area contributed by atoms with Gasteiger partial charge in [-0.25, -0.2) is 0 Å². The van der Waals surface area contributed by atoms with Gasteiger partial charge < -0.3 is 4.74 Å². The standard InChI is InChI=1S/C12H10ClNO3/c1-2-17-11(16)5-8-3-9(6-14)12(13)10(4-8)7-15/h3-4,7H,2,5H2,1H3. The molecule has 4 nitrogen and oxygen atoms in total. The molecule has 17 heavy (non-hydrogen) atoms. The van der Waals surface area contributed by atoms with Crippen LogP contribution >= 0.6 is 11.6 Å². The molecule has 0 saturated heterocycles. The van der Waals surface area contributed by atoms with Crippen LogP contribution in [-0.2, 0) is 16.0 Å². The number of hydrogen-bond donors (Lipinski definition) is 0. The fourth-order valence-corrected chi connectivity index (χ4v) is 1.55. The van der Waals surface area contributed by atoms with E-state index in [-0.39, 0.29) is 29.2 Å². The van der Waals surface area contributed by atoms with Crippen LogP contribution < -0.4 is 0 Å². The molecule has 0 atom stereocenters. The number of halogens is 1. The monoisotopic (exact) mass is 251 g/mol. The van der Waals surface area contributed by atoms with Gasteiger partial charge in [-0.3, -0.25) is 9.59 Å². The number of ether oxygens (including phenoxy) is 1. The molecule has 88 valence electrons. The molecule has 0 saturated carbocycles. The lowest BCUT2D eigenvalue weighted by Crippen LogP contribution is -2.08. The predicted molar refractivity (Wildman–Crippen MR) is 61.9 cm³/mol. The molecule has 0 amide bonds. The third-order valence-electron chi connectivity index (χ3n) is 2.06. The Hall–Kier alpha value is -1.86. The van der Waals surface area contributed by atoms with Gasteiger partial charge in [0.1, 0.15) is 6.07 Å². The van der Waals surface area contributed by atoms with E-state index >= 15 is 0 Å². The quantitative estimate of drug-likeness (QED) is 0.607. The van der Waals surface area contributed by atoms with E-state index in [1.807, 2.05) is 6.07 Å². The van der Waals surface area contributed by atoms with Gasteiger partial charge in [0, 0.05) is 5.56 Å². The van der Waals surface area contributed by atoms with Gasteiger partial charge in [-0.15, -0.1) is 0 Å². The number of esters is 1. The number of nitriles is 1. The maximum atomic E-state index is 11.3. The van der Waals surface area contributed by atoms with E-state index in [0.717, 1.165) is 0 Å². The second-order valence-electron chi connectivity index (χ2n) is 3.26. The van der Waals surface area contributed by atoms with E-state index in [0.29, 0.717) is 11.8 Å². The summed E-state index contributed by atoms with van der Waals surface area (Å²) in [7, 11) is 0. The first kappa shape index (κ1) is 13.2. The molecule has 0 bridgehead atoms. The van der Waals surface area contributed by atoms with Crippen LogP contribution in [0.1, 0.15) is 28.4 Å². The Morgan fingerprint density at radius 1 is 1.59 bits per heavy atom. The van der Waals surface area contributed by atoms with E-state index in [4.69, 9.17) is 21.6 Å². The number of hydrogen-bond acceptors (Lipinski definition) is 4. The van der Waals surface area contributed by atoms with Crippen LogP contribution in [0.25, 0.3) is 0 Å². The smallest absolute Gasteiger partial charge is 0.310 e. The van der Waals surface area contributed by atoms with Crippen molar-refractivity contribution in [1.29, 1.82) is 5.26 Å². The molecule has 0 aliphatic heterocycles. The Morgan fingerprint density at radius 2 is 2.29 bits per heavy atom. The number of benzene rings is 1. The van der Waals surface area contributed by atoms with Gasteiger partial charge in [-0.2, -0.15) is 5.26 Å². The molecule has 1 aromatic rings. The fourth-order valence-electron chi connectivity index (χ4n) is 1.36. The van der Waals surface area contributed by atoms with Crippen molar-refractivity contribution in [1.82, 2.24) is 0 Å². The summed E-state index contributed by atoms with van der Waals surface area (Å²) in [4.78, 5) is 22.0. The minimum absolute atomic E-state index is 0.0144. The number of aldehydes is 1. The molecule has 0 heterocycles. The van der Waals surface area contributed by atoms with Crippen LogP contribution in [0.15, 0.2) is 12.1 Å². The Kier molecular flexibility index (Phi) is 4.68. The lowest BCUT2D eigenvalue weighted by Gasteiger charge is -2.05. The highest BCUT2D eigenvalue weighted by Gasteiger charge is 2.11. The zero-order valence-corrected chi connectivity index (χ0v) is 9.95. The number of rotatable bonds is 4. The van der Waals surface area contributed by atoms with Crippen LogP contribution in [0, 0.1) is 11.3 Å². The average Bonchev–Trinajstić information content (AvgIpc) is 2.31. The maximum absolute atomic E-state index is 11.3. The zero-order valence-electron chi connectivity index (χ0n) is 9.20. The van der Waals surface area contributed by atoms with Gasteiger partial charge in [0.05, 0.1) is 23.6 Å². The molecule has 1 rings (SSSR count). The van der Waals surface area contributed by atoms with E-state index in [2.05, 4.69) is 0 Å². The van der Waals surface area contributed by atoms with E-state index < -0.39 is 5.97 Å². The number of carbonyl (C=O) groups is 2. The van der Waals surface area contributed by atoms with Crippen molar-refractivity contribution in [2.75, 3.05) is 6.61 Å². The molecule has 5 heteroatoms. The number of carbonyl (C=O) groups excluding carboxylic acids is 2. The molecule has 0 radical (unpaired) electrons. The van der Waals surface area contributed by atoms with Gasteiger partial charge in [-0.1, -0.05) is 11.6 Å². The Bertz CT molecular complexity index is 491. The predicted octanol–water partition coefficient (Wildman–Crippen LogP) is 2.13. The third kappa shape index (κ3) is 3.30. The molecular formula is C12H10ClNO3. The van der Waals surface area contributed by atoms with Crippen LogP contribution in [-0.4, -0.2) is 18.9 Å². The first-order valence-corrected chi connectivity index (χ1v) is 5.33. The molecule has 1 aromatic carbocycles. The maximum Gasteiger partial charge on any atom is 0.310 e. The van der Waals surface area contributed by atoms with Crippen LogP contribution in [0.2, 0.25) is 5.02 Å². The van der Waals surface area contributed by atoms with Gasteiger partial charge in [0.15, 0.2) is 6.29 Å². The summed E-state index contributed by atoms with van der Waals surface area (Å²) in [5.41, 5.74) is 0.909. The molecule has 0 unspecified atom stereocenters. The van der Waals surface area contributed by atoms with Crippen LogP contribution in [0.4, 0.5) is 0 Å². The Morgan fingerprint density at radius 3 is 2.82 bits per heavy atom. The normalized spacial score (nSPS) is 9.47. The lowest BCUT2D eigenvalue weighted by atomic mass is 10.0. The summed E-state index contributed by atoms with van der Waals surface area (Å²) in [6, 6.07) is 4.83. The van der Waals surface area contributed by atoms with E-state index in [9.17, 15) is 9.59 Å². The third-order valence-corrected chi connectivity index (χ3v) is 2.48. The largest absolute Gasteiger partial charge is 0.466 e. The first-order chi connectivity index (χ1) is 8.12. The molecule has 0 aromatic heterocycles. The van der Waals surface area contributed by atoms with Crippen LogP contribution in [0.3, 0.4) is 0 Å². The topological polar surface area (TPSA) is 67.2 Å². The summed E-state index contributed by atoms with van der Waals surface area (Å²) in [5.74, 6) is -0.407. The molecular weight excluding hydrogens is 242 g/mol. The van der Waals surface area contributed by atoms with Gasteiger partial charge >= 0.3 is 5.97 Å². The van der Waals surface area contributed by atoms with Gasteiger partial charge in [0.25, 0.3) is 0 Å². The summed E-state index contributed by atoms with van der Waals surface area (Å²) >= 11 is 5.81. The minimum Gasteiger partial charge on any atom is -0.466 e. The van der Waals surface area contributed by atoms with Crippen LogP contribution in [0.5, 0.6) is 0 Å². The van der Waals surface area contributed by atoms with E-state index in [1.54, 1.807) is 6.92 Å². The summed E-state index contributed by atoms with van der Waals surface area (Å²) in [6.45, 7) is 2.00. The molecule has 0 spiro atoms. The second-order valence-corrected chi connectivity index (χ2v) is 3.64. The molecule has 0 aliphatic rings. The zero-order chi connectivity index (χ0) is 12.8. The second kappa shape index (κ2) is 6.02. The Balaban J connectivity index is 3.06.